The van der Waals surface area contributed by atoms with Crippen LogP contribution in [0, 0.1) is 6.92 Å². The lowest BCUT2D eigenvalue weighted by atomic mass is 10.1. The van der Waals surface area contributed by atoms with Gasteiger partial charge in [-0.1, -0.05) is 5.16 Å². The van der Waals surface area contributed by atoms with Crippen LogP contribution < -0.4 is 5.32 Å². The maximum atomic E-state index is 12.6. The maximum Gasteiger partial charge on any atom is 0.305 e. The van der Waals surface area contributed by atoms with E-state index >= 15 is 0 Å². The minimum absolute atomic E-state index is 0.243. The number of nitrogens with zero attached hydrogens (tertiary/aromatic N) is 2. The van der Waals surface area contributed by atoms with Crippen molar-refractivity contribution in [3.05, 3.63) is 35.7 Å². The van der Waals surface area contributed by atoms with Crippen LogP contribution in [0.4, 0.5) is 0 Å². The van der Waals surface area contributed by atoms with Gasteiger partial charge in [0.15, 0.2) is 5.76 Å². The number of hydrogen-bond acceptors (Lipinski definition) is 7. The number of pyridine rings is 1. The van der Waals surface area contributed by atoms with Crippen LogP contribution in [-0.4, -0.2) is 35.7 Å². The smallest absolute Gasteiger partial charge is 0.305 e. The van der Waals surface area contributed by atoms with Crippen molar-refractivity contribution < 1.29 is 23.3 Å². The molecule has 0 aromatic carbocycles. The average molecular weight is 343 g/mol. The number of furan rings is 1. The average Bonchev–Trinajstić information content (AvgIpc) is 3.28. The highest BCUT2D eigenvalue weighted by atomic mass is 16.5. The van der Waals surface area contributed by atoms with Gasteiger partial charge in [0.1, 0.15) is 5.69 Å². The van der Waals surface area contributed by atoms with Gasteiger partial charge in [0.25, 0.3) is 11.6 Å². The normalized spacial score (nSPS) is 10.8. The molecule has 8 nitrogen and oxygen atoms in total. The van der Waals surface area contributed by atoms with Gasteiger partial charge in [0.2, 0.25) is 0 Å². The Labute approximate surface area is 143 Å². The number of hydrogen-bond donors (Lipinski definition) is 1. The molecule has 1 N–H and O–H groups in total. The van der Waals surface area contributed by atoms with Crippen LogP contribution in [-0.2, 0) is 9.53 Å². The van der Waals surface area contributed by atoms with E-state index in [0.717, 1.165) is 0 Å². The Morgan fingerprint density at radius 3 is 2.92 bits per heavy atom. The van der Waals surface area contributed by atoms with Crippen molar-refractivity contribution in [2.75, 3.05) is 13.7 Å². The molecule has 8 heteroatoms. The van der Waals surface area contributed by atoms with Gasteiger partial charge in [-0.15, -0.1) is 0 Å². The molecule has 3 aromatic heterocycles. The fourth-order valence-electron chi connectivity index (χ4n) is 2.46. The fourth-order valence-corrected chi connectivity index (χ4v) is 2.46. The summed E-state index contributed by atoms with van der Waals surface area (Å²) in [6.45, 7) is 2.09. The minimum Gasteiger partial charge on any atom is -0.469 e. The largest absolute Gasteiger partial charge is 0.469 e. The second kappa shape index (κ2) is 7.16. The molecule has 0 atom stereocenters. The summed E-state index contributed by atoms with van der Waals surface area (Å²) in [6.07, 6.45) is 2.26. The number of esters is 1. The van der Waals surface area contributed by atoms with Gasteiger partial charge in [0, 0.05) is 13.0 Å². The van der Waals surface area contributed by atoms with Gasteiger partial charge in [-0.05, 0) is 31.5 Å². The number of rotatable bonds is 6. The number of aromatic nitrogens is 2. The zero-order valence-corrected chi connectivity index (χ0v) is 13.9. The SMILES string of the molecule is COC(=O)CCCNC(=O)c1cc(-c2ccco2)nc2onc(C)c12. The number of ether oxygens (including phenoxy) is 1. The molecule has 0 radical (unpaired) electrons. The molecule has 3 heterocycles. The Balaban J connectivity index is 1.85. The second-order valence-electron chi connectivity index (χ2n) is 5.42. The van der Waals surface area contributed by atoms with E-state index in [0.29, 0.717) is 41.1 Å². The van der Waals surface area contributed by atoms with E-state index in [1.807, 2.05) is 0 Å². The summed E-state index contributed by atoms with van der Waals surface area (Å²) in [5.74, 6) is -0.0809. The van der Waals surface area contributed by atoms with Gasteiger partial charge < -0.3 is 19.0 Å². The summed E-state index contributed by atoms with van der Waals surface area (Å²) in [4.78, 5) is 28.1. The van der Waals surface area contributed by atoms with Crippen LogP contribution in [0.1, 0.15) is 28.9 Å². The zero-order chi connectivity index (χ0) is 17.8. The van der Waals surface area contributed by atoms with E-state index in [2.05, 4.69) is 20.2 Å². The molecule has 0 saturated carbocycles. The second-order valence-corrected chi connectivity index (χ2v) is 5.42. The number of fused-ring (bicyclic) bond motifs is 1. The molecule has 0 aliphatic heterocycles. The summed E-state index contributed by atoms with van der Waals surface area (Å²) in [5.41, 5.74) is 1.72. The van der Waals surface area contributed by atoms with Crippen LogP contribution in [0.3, 0.4) is 0 Å². The molecule has 0 saturated heterocycles. The highest BCUT2D eigenvalue weighted by molar-refractivity contribution is 6.06. The quantitative estimate of drug-likeness (QED) is 0.541. The number of nitrogens with one attached hydrogen (secondary N) is 1. The van der Waals surface area contributed by atoms with Crippen molar-refractivity contribution >= 4 is 23.0 Å². The maximum absolute atomic E-state index is 12.6. The predicted octanol–water partition coefficient (Wildman–Crippen LogP) is 2.47. The van der Waals surface area contributed by atoms with Crippen LogP contribution in [0.2, 0.25) is 0 Å². The van der Waals surface area contributed by atoms with Gasteiger partial charge in [-0.25, -0.2) is 4.98 Å². The summed E-state index contributed by atoms with van der Waals surface area (Å²) < 4.78 is 15.1. The van der Waals surface area contributed by atoms with E-state index in [4.69, 9.17) is 8.94 Å². The third-order valence-electron chi connectivity index (χ3n) is 3.71. The lowest BCUT2D eigenvalue weighted by Gasteiger charge is -2.07. The first kappa shape index (κ1) is 16.7. The first-order valence-corrected chi connectivity index (χ1v) is 7.76. The Morgan fingerprint density at radius 1 is 1.36 bits per heavy atom. The Bertz CT molecular complexity index is 899. The summed E-state index contributed by atoms with van der Waals surface area (Å²) in [5, 5.41) is 7.22. The first-order chi connectivity index (χ1) is 12.1. The summed E-state index contributed by atoms with van der Waals surface area (Å²) >= 11 is 0. The van der Waals surface area contributed by atoms with Crippen LogP contribution in [0.15, 0.2) is 33.4 Å². The van der Waals surface area contributed by atoms with Crippen molar-refractivity contribution in [3.8, 4) is 11.5 Å². The molecule has 0 unspecified atom stereocenters. The van der Waals surface area contributed by atoms with E-state index in [1.54, 1.807) is 25.1 Å². The lowest BCUT2D eigenvalue weighted by molar-refractivity contribution is -0.140. The number of carbonyl (C=O) groups excluding carboxylic acids is 2. The molecular formula is C17H17N3O5. The lowest BCUT2D eigenvalue weighted by Crippen LogP contribution is -2.25. The number of methoxy groups -OCH3 is 1. The standard InChI is InChI=1S/C17H17N3O5/c1-10-15-11(16(22)18-7-3-6-14(21)23-2)9-12(13-5-4-8-24-13)19-17(15)25-20-10/h4-5,8-9H,3,6-7H2,1-2H3,(H,18,22). The number of amides is 1. The minimum atomic E-state index is -0.310. The molecule has 3 rings (SSSR count). The van der Waals surface area contributed by atoms with Crippen LogP contribution >= 0.6 is 0 Å². The van der Waals surface area contributed by atoms with Gasteiger partial charge in [-0.2, -0.15) is 0 Å². The van der Waals surface area contributed by atoms with Crippen molar-refractivity contribution in [3.63, 3.8) is 0 Å². The van der Waals surface area contributed by atoms with Gasteiger partial charge in [0.05, 0.1) is 30.0 Å². The van der Waals surface area contributed by atoms with E-state index in [9.17, 15) is 9.59 Å². The van der Waals surface area contributed by atoms with Gasteiger partial charge in [-0.3, -0.25) is 9.59 Å². The molecule has 1 amide bonds. The number of carbonyl (C=O) groups is 2. The molecule has 0 spiro atoms. The third-order valence-corrected chi connectivity index (χ3v) is 3.71. The summed E-state index contributed by atoms with van der Waals surface area (Å²) in [7, 11) is 1.33. The highest BCUT2D eigenvalue weighted by Gasteiger charge is 2.20. The van der Waals surface area contributed by atoms with E-state index in [-0.39, 0.29) is 24.0 Å². The van der Waals surface area contributed by atoms with Crippen molar-refractivity contribution in [2.24, 2.45) is 0 Å². The monoisotopic (exact) mass is 343 g/mol. The number of aryl methyl sites for hydroxylation is 1. The Morgan fingerprint density at radius 2 is 2.20 bits per heavy atom. The van der Waals surface area contributed by atoms with Crippen LogP contribution in [0.25, 0.3) is 22.6 Å². The van der Waals surface area contributed by atoms with Crippen molar-refractivity contribution in [2.45, 2.75) is 19.8 Å². The molecule has 25 heavy (non-hydrogen) atoms. The summed E-state index contributed by atoms with van der Waals surface area (Å²) in [6, 6.07) is 5.12. The topological polar surface area (TPSA) is 107 Å². The predicted molar refractivity (Wildman–Crippen MR) is 87.8 cm³/mol. The Hall–Kier alpha value is -3.16. The third kappa shape index (κ3) is 3.52. The molecule has 0 bridgehead atoms. The van der Waals surface area contributed by atoms with Crippen molar-refractivity contribution in [1.82, 2.24) is 15.5 Å². The van der Waals surface area contributed by atoms with Crippen LogP contribution in [0.5, 0.6) is 0 Å². The molecule has 0 aliphatic rings. The molecule has 3 aromatic rings. The first-order valence-electron chi connectivity index (χ1n) is 7.76. The molecule has 0 aliphatic carbocycles. The fraction of sp³-hybridized carbons (Fsp3) is 0.294. The van der Waals surface area contributed by atoms with E-state index < -0.39 is 0 Å². The zero-order valence-electron chi connectivity index (χ0n) is 13.9. The molecule has 0 fully saturated rings. The van der Waals surface area contributed by atoms with E-state index in [1.165, 1.54) is 13.4 Å². The van der Waals surface area contributed by atoms with Gasteiger partial charge >= 0.3 is 5.97 Å². The highest BCUT2D eigenvalue weighted by Crippen LogP contribution is 2.27. The van der Waals surface area contributed by atoms with Crippen molar-refractivity contribution in [1.29, 1.82) is 0 Å². The Kier molecular flexibility index (Phi) is 4.78. The molecular weight excluding hydrogens is 326 g/mol. The molecule has 130 valence electrons.